The summed E-state index contributed by atoms with van der Waals surface area (Å²) in [4.78, 5) is 0. The first-order valence-corrected chi connectivity index (χ1v) is 12.2. The van der Waals surface area contributed by atoms with Crippen LogP contribution in [-0.4, -0.2) is 100 Å². The van der Waals surface area contributed by atoms with Gasteiger partial charge in [0.05, 0.1) is 46.2 Å². The van der Waals surface area contributed by atoms with Crippen LogP contribution in [0.1, 0.15) is 23.3 Å². The predicted octanol–water partition coefficient (Wildman–Crippen LogP) is -0.0312. The number of hydrogen-bond donors (Lipinski definition) is 7. The molecule has 0 radical (unpaired) electrons. The van der Waals surface area contributed by atoms with E-state index in [1.807, 2.05) is 0 Å². The van der Waals surface area contributed by atoms with Gasteiger partial charge in [-0.2, -0.15) is 0 Å². The first-order valence-electron chi connectivity index (χ1n) is 12.2. The molecule has 12 nitrogen and oxygen atoms in total. The van der Waals surface area contributed by atoms with Gasteiger partial charge in [-0.25, -0.2) is 0 Å². The highest BCUT2D eigenvalue weighted by molar-refractivity contribution is 5.44. The van der Waals surface area contributed by atoms with E-state index in [2.05, 4.69) is 0 Å². The Labute approximate surface area is 219 Å². The van der Waals surface area contributed by atoms with Crippen molar-refractivity contribution in [3.63, 3.8) is 0 Å². The van der Waals surface area contributed by atoms with Crippen LogP contribution in [0.2, 0.25) is 0 Å². The lowest BCUT2D eigenvalue weighted by Gasteiger charge is -2.40. The number of hydrogen-bond acceptors (Lipinski definition) is 12. The summed E-state index contributed by atoms with van der Waals surface area (Å²) in [5.74, 6) is -0.800. The first-order chi connectivity index (χ1) is 18.2. The molecule has 38 heavy (non-hydrogen) atoms. The molecule has 0 aromatic heterocycles. The fourth-order valence-corrected chi connectivity index (χ4v) is 4.97. The molecule has 0 unspecified atom stereocenters. The number of phenolic OH excluding ortho intramolecular Hbond substituents is 2. The lowest BCUT2D eigenvalue weighted by Crippen LogP contribution is -2.59. The molecule has 2 aliphatic heterocycles. The molecular formula is C26H34O12. The van der Waals surface area contributed by atoms with E-state index in [4.69, 9.17) is 23.7 Å². The SMILES string of the molecule is COc1cc([C@@H](O)[C@H]2CO[C@@H](c3ccc(O)c(OC)c3)[C@@H]2CO[C@@H]2O[C@H](CO)[C@@H](O)[C@H](O)[C@H]2O)ccc1O. The molecule has 2 aromatic carbocycles. The van der Waals surface area contributed by atoms with Gasteiger partial charge in [-0.1, -0.05) is 12.1 Å². The number of aromatic hydroxyl groups is 2. The van der Waals surface area contributed by atoms with E-state index in [1.54, 1.807) is 18.2 Å². The van der Waals surface area contributed by atoms with Gasteiger partial charge in [0.2, 0.25) is 0 Å². The molecule has 2 aliphatic rings. The maximum absolute atomic E-state index is 11.3. The van der Waals surface area contributed by atoms with E-state index in [9.17, 15) is 35.7 Å². The van der Waals surface area contributed by atoms with E-state index >= 15 is 0 Å². The number of aliphatic hydroxyl groups excluding tert-OH is 5. The smallest absolute Gasteiger partial charge is 0.186 e. The minimum atomic E-state index is -1.60. The first kappa shape index (κ1) is 28.3. The highest BCUT2D eigenvalue weighted by atomic mass is 16.7. The van der Waals surface area contributed by atoms with Gasteiger partial charge in [0.15, 0.2) is 29.3 Å². The number of benzene rings is 2. The van der Waals surface area contributed by atoms with E-state index in [0.717, 1.165) is 0 Å². The van der Waals surface area contributed by atoms with Gasteiger partial charge in [0.1, 0.15) is 24.4 Å². The second kappa shape index (κ2) is 12.0. The summed E-state index contributed by atoms with van der Waals surface area (Å²) in [6, 6.07) is 9.22. The normalized spacial score (nSPS) is 32.2. The van der Waals surface area contributed by atoms with Crippen molar-refractivity contribution >= 4 is 0 Å². The summed E-state index contributed by atoms with van der Waals surface area (Å²) in [7, 11) is 2.81. The highest BCUT2D eigenvalue weighted by Gasteiger charge is 2.47. The minimum absolute atomic E-state index is 0.0591. The largest absolute Gasteiger partial charge is 0.504 e. The molecular weight excluding hydrogens is 504 g/mol. The molecule has 0 amide bonds. The maximum Gasteiger partial charge on any atom is 0.186 e. The summed E-state index contributed by atoms with van der Waals surface area (Å²) < 4.78 is 27.8. The molecule has 0 bridgehead atoms. The van der Waals surface area contributed by atoms with Crippen LogP contribution in [0.3, 0.4) is 0 Å². The molecule has 2 fully saturated rings. The molecule has 0 aliphatic carbocycles. The molecule has 0 spiro atoms. The molecule has 2 heterocycles. The van der Waals surface area contributed by atoms with Crippen molar-refractivity contribution in [1.29, 1.82) is 0 Å². The van der Waals surface area contributed by atoms with Crippen LogP contribution in [0, 0.1) is 11.8 Å². The third kappa shape index (κ3) is 5.53. The van der Waals surface area contributed by atoms with E-state index in [-0.39, 0.29) is 36.2 Å². The highest BCUT2D eigenvalue weighted by Crippen LogP contribution is 2.46. The van der Waals surface area contributed by atoms with E-state index in [0.29, 0.717) is 11.1 Å². The Hall–Kier alpha value is -2.68. The fourth-order valence-electron chi connectivity index (χ4n) is 4.97. The van der Waals surface area contributed by atoms with Crippen LogP contribution in [-0.2, 0) is 14.2 Å². The van der Waals surface area contributed by atoms with Gasteiger partial charge in [-0.15, -0.1) is 0 Å². The van der Waals surface area contributed by atoms with Gasteiger partial charge in [-0.05, 0) is 35.4 Å². The monoisotopic (exact) mass is 538 g/mol. The van der Waals surface area contributed by atoms with Crippen LogP contribution in [0.25, 0.3) is 0 Å². The molecule has 12 heteroatoms. The van der Waals surface area contributed by atoms with E-state index < -0.39 is 61.4 Å². The number of rotatable bonds is 9. The number of methoxy groups -OCH3 is 2. The van der Waals surface area contributed by atoms with Crippen molar-refractivity contribution in [2.24, 2.45) is 11.8 Å². The Morgan fingerprint density at radius 2 is 1.58 bits per heavy atom. The topological polar surface area (TPSA) is 188 Å². The second-order valence-electron chi connectivity index (χ2n) is 9.42. The third-order valence-corrected chi connectivity index (χ3v) is 7.19. The Morgan fingerprint density at radius 1 is 0.921 bits per heavy atom. The standard InChI is InChI=1S/C26H34O12/c1-34-18-7-12(3-5-16(18)28)21(30)14-10-36-25(13-4-6-17(29)19(8-13)35-2)15(14)11-37-26-24(33)23(32)22(31)20(9-27)38-26/h3-8,14-15,20-33H,9-11H2,1-2H3/t14-,15+,20+,21+,22+,23-,24+,25-,26+/m0/s1. The lowest BCUT2D eigenvalue weighted by atomic mass is 9.82. The second-order valence-corrected chi connectivity index (χ2v) is 9.42. The predicted molar refractivity (Wildman–Crippen MR) is 130 cm³/mol. The molecule has 7 N–H and O–H groups in total. The van der Waals surface area contributed by atoms with Crippen LogP contribution >= 0.6 is 0 Å². The third-order valence-electron chi connectivity index (χ3n) is 7.19. The summed E-state index contributed by atoms with van der Waals surface area (Å²) in [5, 5.41) is 71.4. The Kier molecular flexibility index (Phi) is 8.96. The quantitative estimate of drug-likeness (QED) is 0.226. The van der Waals surface area contributed by atoms with Crippen molar-refractivity contribution in [3.05, 3.63) is 47.5 Å². The van der Waals surface area contributed by atoms with Crippen molar-refractivity contribution in [3.8, 4) is 23.0 Å². The molecule has 210 valence electrons. The number of ether oxygens (including phenoxy) is 5. The average molecular weight is 539 g/mol. The summed E-state index contributed by atoms with van der Waals surface area (Å²) >= 11 is 0. The molecule has 9 atom stereocenters. The van der Waals surface area contributed by atoms with Crippen molar-refractivity contribution in [1.82, 2.24) is 0 Å². The zero-order chi connectivity index (χ0) is 27.6. The lowest BCUT2D eigenvalue weighted by molar-refractivity contribution is -0.304. The van der Waals surface area contributed by atoms with Gasteiger partial charge in [-0.3, -0.25) is 0 Å². The van der Waals surface area contributed by atoms with Crippen molar-refractivity contribution < 1.29 is 59.4 Å². The van der Waals surface area contributed by atoms with Crippen molar-refractivity contribution in [2.75, 3.05) is 34.0 Å². The molecule has 2 aromatic rings. The Bertz CT molecular complexity index is 1080. The summed E-state index contributed by atoms with van der Waals surface area (Å²) in [6.07, 6.45) is -8.93. The van der Waals surface area contributed by atoms with E-state index in [1.165, 1.54) is 32.4 Å². The van der Waals surface area contributed by atoms with Crippen LogP contribution in [0.4, 0.5) is 0 Å². The van der Waals surface area contributed by atoms with Crippen LogP contribution in [0.5, 0.6) is 23.0 Å². The molecule has 2 saturated heterocycles. The van der Waals surface area contributed by atoms with Gasteiger partial charge in [0.25, 0.3) is 0 Å². The van der Waals surface area contributed by atoms with Gasteiger partial charge in [0, 0.05) is 11.8 Å². The van der Waals surface area contributed by atoms with Gasteiger partial charge < -0.3 is 59.4 Å². The zero-order valence-corrected chi connectivity index (χ0v) is 21.0. The number of aliphatic hydroxyl groups is 5. The van der Waals surface area contributed by atoms with Gasteiger partial charge >= 0.3 is 0 Å². The van der Waals surface area contributed by atoms with Crippen molar-refractivity contribution in [2.45, 2.75) is 42.9 Å². The minimum Gasteiger partial charge on any atom is -0.504 e. The molecule has 0 saturated carbocycles. The Balaban J connectivity index is 1.61. The summed E-state index contributed by atoms with van der Waals surface area (Å²) in [6.45, 7) is -0.605. The summed E-state index contributed by atoms with van der Waals surface area (Å²) in [5.41, 5.74) is 1.11. The fraction of sp³-hybridized carbons (Fsp3) is 0.538. The number of phenols is 2. The zero-order valence-electron chi connectivity index (χ0n) is 21.0. The van der Waals surface area contributed by atoms with Crippen LogP contribution in [0.15, 0.2) is 36.4 Å². The maximum atomic E-state index is 11.3. The van der Waals surface area contributed by atoms with Crippen LogP contribution < -0.4 is 9.47 Å². The Morgan fingerprint density at radius 3 is 2.24 bits per heavy atom. The average Bonchev–Trinajstić information content (AvgIpc) is 3.35. The molecule has 4 rings (SSSR count).